The molecule has 1 aliphatic rings. The minimum Gasteiger partial charge on any atom is -0.101 e. The Labute approximate surface area is 106 Å². The molecule has 1 fully saturated rings. The molecule has 0 spiro atoms. The molecule has 0 heteroatoms. The van der Waals surface area contributed by atoms with Gasteiger partial charge in [0, 0.05) is 5.56 Å². The van der Waals surface area contributed by atoms with Crippen molar-refractivity contribution in [1.82, 2.24) is 0 Å². The fourth-order valence-electron chi connectivity index (χ4n) is 2.60. The van der Waals surface area contributed by atoms with Crippen molar-refractivity contribution in [2.75, 3.05) is 0 Å². The van der Waals surface area contributed by atoms with Gasteiger partial charge in [0.2, 0.25) is 0 Å². The van der Waals surface area contributed by atoms with Gasteiger partial charge in [-0.2, -0.15) is 0 Å². The number of rotatable bonds is 1. The maximum atomic E-state index is 3.10. The van der Waals surface area contributed by atoms with Gasteiger partial charge in [-0.05, 0) is 43.4 Å². The molecule has 92 valence electrons. The van der Waals surface area contributed by atoms with Gasteiger partial charge < -0.3 is 0 Å². The molecule has 0 amide bonds. The molecule has 0 saturated heterocycles. The normalized spacial score (nSPS) is 16.3. The Morgan fingerprint density at radius 3 is 2.06 bits per heavy atom. The second-order valence-electron chi connectivity index (χ2n) is 4.69. The molecular weight excluding hydrogens is 204 g/mol. The minimum atomic E-state index is 0. The van der Waals surface area contributed by atoms with Crippen LogP contribution in [0.15, 0.2) is 24.3 Å². The van der Waals surface area contributed by atoms with E-state index in [0.717, 1.165) is 11.5 Å². The first-order valence-corrected chi connectivity index (χ1v) is 6.43. The van der Waals surface area contributed by atoms with Crippen LogP contribution in [-0.2, 0) is 0 Å². The third-order valence-corrected chi connectivity index (χ3v) is 3.51. The van der Waals surface area contributed by atoms with Crippen LogP contribution in [0.5, 0.6) is 0 Å². The van der Waals surface area contributed by atoms with Crippen LogP contribution in [0, 0.1) is 11.8 Å². The van der Waals surface area contributed by atoms with Gasteiger partial charge in [0.1, 0.15) is 0 Å². The van der Waals surface area contributed by atoms with E-state index in [2.05, 4.69) is 36.1 Å². The van der Waals surface area contributed by atoms with Gasteiger partial charge in [-0.3, -0.25) is 0 Å². The van der Waals surface area contributed by atoms with Crippen LogP contribution in [0.2, 0.25) is 0 Å². The van der Waals surface area contributed by atoms with Crippen LogP contribution in [0.25, 0.3) is 0 Å². The van der Waals surface area contributed by atoms with Crippen molar-refractivity contribution in [3.8, 4) is 11.8 Å². The minimum absolute atomic E-state index is 0. The Bertz CT molecular complexity index is 367. The van der Waals surface area contributed by atoms with E-state index >= 15 is 0 Å². The van der Waals surface area contributed by atoms with Crippen LogP contribution in [-0.4, -0.2) is 0 Å². The number of benzene rings is 1. The van der Waals surface area contributed by atoms with Crippen LogP contribution in [0.1, 0.15) is 69.9 Å². The van der Waals surface area contributed by atoms with Crippen molar-refractivity contribution < 1.29 is 0 Å². The van der Waals surface area contributed by atoms with Gasteiger partial charge in [0.25, 0.3) is 0 Å². The van der Waals surface area contributed by atoms with Crippen molar-refractivity contribution >= 4 is 0 Å². The summed E-state index contributed by atoms with van der Waals surface area (Å²) < 4.78 is 0. The molecule has 1 aromatic carbocycles. The molecule has 0 atom stereocenters. The molecule has 2 rings (SSSR count). The Morgan fingerprint density at radius 1 is 0.941 bits per heavy atom. The first kappa shape index (κ1) is 13.8. The van der Waals surface area contributed by atoms with Crippen LogP contribution >= 0.6 is 0 Å². The standard InChI is InChI=1S/C16H20.CH4/c1-2-7-14-10-12-16(13-11-14)15-8-5-3-4-6-9-15;/h10-13,15H,3-6,8-9H2,1H3;1H4. The molecule has 1 saturated carbocycles. The lowest BCUT2D eigenvalue weighted by atomic mass is 9.91. The third-order valence-electron chi connectivity index (χ3n) is 3.51. The highest BCUT2D eigenvalue weighted by Gasteiger charge is 2.13. The lowest BCUT2D eigenvalue weighted by Crippen LogP contribution is -1.96. The summed E-state index contributed by atoms with van der Waals surface area (Å²) >= 11 is 0. The summed E-state index contributed by atoms with van der Waals surface area (Å²) in [6.45, 7) is 1.89. The van der Waals surface area contributed by atoms with E-state index in [1.54, 1.807) is 0 Å². The summed E-state index contributed by atoms with van der Waals surface area (Å²) in [6, 6.07) is 8.87. The molecule has 0 aromatic heterocycles. The summed E-state index contributed by atoms with van der Waals surface area (Å²) in [6.07, 6.45) is 8.41. The fourth-order valence-corrected chi connectivity index (χ4v) is 2.60. The maximum absolute atomic E-state index is 3.10. The molecule has 1 aliphatic carbocycles. The third kappa shape index (κ3) is 3.93. The van der Waals surface area contributed by atoms with Crippen molar-refractivity contribution in [3.05, 3.63) is 35.4 Å². The molecule has 0 N–H and O–H groups in total. The van der Waals surface area contributed by atoms with Crippen molar-refractivity contribution in [1.29, 1.82) is 0 Å². The highest BCUT2D eigenvalue weighted by molar-refractivity contribution is 5.36. The van der Waals surface area contributed by atoms with E-state index < -0.39 is 0 Å². The van der Waals surface area contributed by atoms with E-state index in [1.807, 2.05) is 6.92 Å². The molecule has 17 heavy (non-hydrogen) atoms. The van der Waals surface area contributed by atoms with Gasteiger partial charge in [-0.15, -0.1) is 5.92 Å². The molecule has 0 unspecified atom stereocenters. The largest absolute Gasteiger partial charge is 0.101 e. The topological polar surface area (TPSA) is 0 Å². The van der Waals surface area contributed by atoms with Crippen molar-refractivity contribution in [2.45, 2.75) is 58.8 Å². The summed E-state index contributed by atoms with van der Waals surface area (Å²) in [5, 5.41) is 0. The molecule has 0 nitrogen and oxygen atoms in total. The zero-order valence-electron chi connectivity index (χ0n) is 10.1. The van der Waals surface area contributed by atoms with Gasteiger partial charge >= 0.3 is 0 Å². The Balaban J connectivity index is 0.00000144. The Morgan fingerprint density at radius 2 is 1.53 bits per heavy atom. The zero-order valence-corrected chi connectivity index (χ0v) is 10.1. The molecule has 0 radical (unpaired) electrons. The summed E-state index contributed by atoms with van der Waals surface area (Å²) in [5.74, 6) is 6.84. The van der Waals surface area contributed by atoms with E-state index in [9.17, 15) is 0 Å². The van der Waals surface area contributed by atoms with Crippen molar-refractivity contribution in [3.63, 3.8) is 0 Å². The highest BCUT2D eigenvalue weighted by Crippen LogP contribution is 2.31. The number of hydrogen-bond donors (Lipinski definition) is 0. The van der Waals surface area contributed by atoms with Gasteiger partial charge in [0.15, 0.2) is 0 Å². The summed E-state index contributed by atoms with van der Waals surface area (Å²) in [7, 11) is 0. The smallest absolute Gasteiger partial charge is 0.0245 e. The molecule has 1 aromatic rings. The predicted octanol–water partition coefficient (Wildman–Crippen LogP) is 5.13. The molecule has 0 aliphatic heterocycles. The Kier molecular flexibility index (Phi) is 5.84. The zero-order chi connectivity index (χ0) is 11.2. The maximum Gasteiger partial charge on any atom is 0.0245 e. The lowest BCUT2D eigenvalue weighted by molar-refractivity contribution is 0.592. The SMILES string of the molecule is C.CC#Cc1ccc(C2CCCCCC2)cc1. The molecule has 0 bridgehead atoms. The highest BCUT2D eigenvalue weighted by atomic mass is 14.2. The van der Waals surface area contributed by atoms with Gasteiger partial charge in [0.05, 0.1) is 0 Å². The first-order valence-electron chi connectivity index (χ1n) is 6.43. The first-order chi connectivity index (χ1) is 7.90. The van der Waals surface area contributed by atoms with Crippen LogP contribution in [0.4, 0.5) is 0 Å². The second kappa shape index (κ2) is 7.17. The fraction of sp³-hybridized carbons (Fsp3) is 0.529. The van der Waals surface area contributed by atoms with Crippen LogP contribution < -0.4 is 0 Å². The predicted molar refractivity (Wildman–Crippen MR) is 76.2 cm³/mol. The van der Waals surface area contributed by atoms with E-state index in [0.29, 0.717) is 0 Å². The average Bonchev–Trinajstić information content (AvgIpc) is 2.59. The second-order valence-corrected chi connectivity index (χ2v) is 4.69. The molecule has 0 heterocycles. The van der Waals surface area contributed by atoms with E-state index in [4.69, 9.17) is 0 Å². The molecular formula is C17H24. The lowest BCUT2D eigenvalue weighted by Gasteiger charge is -2.14. The summed E-state index contributed by atoms with van der Waals surface area (Å²) in [5.41, 5.74) is 2.66. The van der Waals surface area contributed by atoms with Gasteiger partial charge in [-0.1, -0.05) is 51.2 Å². The van der Waals surface area contributed by atoms with E-state index in [-0.39, 0.29) is 7.43 Å². The van der Waals surface area contributed by atoms with E-state index in [1.165, 1.54) is 44.1 Å². The average molecular weight is 228 g/mol. The number of hydrogen-bond acceptors (Lipinski definition) is 0. The summed E-state index contributed by atoms with van der Waals surface area (Å²) in [4.78, 5) is 0. The monoisotopic (exact) mass is 228 g/mol. The Hall–Kier alpha value is -1.22. The quantitative estimate of drug-likeness (QED) is 0.461. The van der Waals surface area contributed by atoms with Crippen molar-refractivity contribution in [2.24, 2.45) is 0 Å². The van der Waals surface area contributed by atoms with Crippen LogP contribution in [0.3, 0.4) is 0 Å². The van der Waals surface area contributed by atoms with Gasteiger partial charge in [-0.25, -0.2) is 0 Å².